The van der Waals surface area contributed by atoms with Crippen molar-refractivity contribution in [2.24, 2.45) is 0 Å². The number of hydrogen-bond acceptors (Lipinski definition) is 3. The second kappa shape index (κ2) is 5.36. The van der Waals surface area contributed by atoms with E-state index in [0.29, 0.717) is 10.9 Å². The van der Waals surface area contributed by atoms with Crippen molar-refractivity contribution in [1.29, 1.82) is 0 Å². The van der Waals surface area contributed by atoms with Crippen LogP contribution in [0, 0.1) is 3.57 Å². The van der Waals surface area contributed by atoms with E-state index in [1.165, 1.54) is 18.3 Å². The van der Waals surface area contributed by atoms with Crippen LogP contribution in [0.25, 0.3) is 10.9 Å². The van der Waals surface area contributed by atoms with E-state index in [4.69, 9.17) is 4.62 Å². The van der Waals surface area contributed by atoms with Gasteiger partial charge in [0.25, 0.3) is 0 Å². The van der Waals surface area contributed by atoms with E-state index >= 15 is 0 Å². The second-order valence-electron chi connectivity index (χ2n) is 4.44. The van der Waals surface area contributed by atoms with Crippen LogP contribution in [0.15, 0.2) is 54.7 Å². The van der Waals surface area contributed by atoms with E-state index in [1.54, 1.807) is 30.3 Å². The molecule has 7 heteroatoms. The van der Waals surface area contributed by atoms with Gasteiger partial charge in [0.05, 0.1) is 17.0 Å². The summed E-state index contributed by atoms with van der Waals surface area (Å²) in [4.78, 5) is 10.1. The summed E-state index contributed by atoms with van der Waals surface area (Å²) in [5.74, 6) is -0.00317. The highest BCUT2D eigenvalue weighted by Crippen LogP contribution is 2.39. The molecule has 5 nitrogen and oxygen atoms in total. The van der Waals surface area contributed by atoms with E-state index in [1.807, 2.05) is 6.07 Å². The van der Waals surface area contributed by atoms with Crippen LogP contribution >= 0.6 is 30.2 Å². The Balaban J connectivity index is 2.04. The van der Waals surface area contributed by atoms with Crippen LogP contribution in [0.3, 0.4) is 0 Å². The molecule has 0 aliphatic carbocycles. The topological polar surface area (TPSA) is 71.7 Å². The van der Waals surface area contributed by atoms with Crippen molar-refractivity contribution in [2.45, 2.75) is 0 Å². The maximum atomic E-state index is 12.3. The zero-order chi connectivity index (χ0) is 15.0. The lowest BCUT2D eigenvalue weighted by molar-refractivity contribution is 0.248. The molecule has 3 rings (SSSR count). The maximum Gasteiger partial charge on any atom is 0.426 e. The molecule has 1 aromatic heterocycles. The highest BCUT2D eigenvalue weighted by atomic mass is 127. The molecular weight excluding hydrogens is 404 g/mol. The van der Waals surface area contributed by atoms with Gasteiger partial charge in [-0.3, -0.25) is 0 Å². The molecule has 3 aromatic rings. The van der Waals surface area contributed by atoms with E-state index in [0.717, 1.165) is 8.30 Å². The molecule has 0 aliphatic heterocycles. The van der Waals surface area contributed by atoms with Crippen LogP contribution in [0.5, 0.6) is 5.75 Å². The molecular formula is C14H11INO4P. The van der Waals surface area contributed by atoms with E-state index in [2.05, 4.69) is 22.6 Å². The second-order valence-corrected chi connectivity index (χ2v) is 7.41. The number of benzene rings is 2. The van der Waals surface area contributed by atoms with Crippen LogP contribution in [0.2, 0.25) is 0 Å². The number of aromatic nitrogens is 1. The average Bonchev–Trinajstić information content (AvgIpc) is 2.75. The summed E-state index contributed by atoms with van der Waals surface area (Å²) in [5, 5.41) is 10.7. The van der Waals surface area contributed by atoms with Crippen molar-refractivity contribution in [1.82, 2.24) is 4.73 Å². The third kappa shape index (κ3) is 2.79. The Morgan fingerprint density at radius 1 is 1.14 bits per heavy atom. The van der Waals surface area contributed by atoms with Crippen LogP contribution in [0.4, 0.5) is 0 Å². The highest BCUT2D eigenvalue weighted by molar-refractivity contribution is 14.1. The molecule has 108 valence electrons. The molecule has 0 fully saturated rings. The van der Waals surface area contributed by atoms with Crippen molar-refractivity contribution in [3.63, 3.8) is 0 Å². The lowest BCUT2D eigenvalue weighted by Gasteiger charge is -2.14. The van der Waals surface area contributed by atoms with Crippen LogP contribution < -0.4 is 9.93 Å². The average molecular weight is 415 g/mol. The minimum Gasteiger partial charge on any atom is -0.506 e. The fourth-order valence-electron chi connectivity index (χ4n) is 2.01. The molecule has 0 saturated carbocycles. The number of halogens is 1. The number of aromatic hydroxyl groups is 1. The van der Waals surface area contributed by atoms with Crippen molar-refractivity contribution in [2.75, 3.05) is 0 Å². The summed E-state index contributed by atoms with van der Waals surface area (Å²) in [6, 6.07) is 13.4. The van der Waals surface area contributed by atoms with Crippen molar-refractivity contribution in [3.8, 4) is 5.75 Å². The first-order valence-electron chi connectivity index (χ1n) is 6.05. The van der Waals surface area contributed by atoms with Crippen molar-refractivity contribution >= 4 is 46.4 Å². The molecule has 0 amide bonds. The quantitative estimate of drug-likeness (QED) is 0.510. The van der Waals surface area contributed by atoms with Gasteiger partial charge in [-0.2, -0.15) is 4.73 Å². The predicted molar refractivity (Wildman–Crippen MR) is 88.8 cm³/mol. The van der Waals surface area contributed by atoms with Crippen molar-refractivity contribution in [3.05, 3.63) is 58.3 Å². The van der Waals surface area contributed by atoms with Gasteiger partial charge in [0.2, 0.25) is 0 Å². The monoisotopic (exact) mass is 415 g/mol. The smallest absolute Gasteiger partial charge is 0.426 e. The Morgan fingerprint density at radius 3 is 2.57 bits per heavy atom. The maximum absolute atomic E-state index is 12.3. The minimum atomic E-state index is -4.02. The van der Waals surface area contributed by atoms with Crippen LogP contribution in [-0.4, -0.2) is 14.7 Å². The summed E-state index contributed by atoms with van der Waals surface area (Å²) >= 11 is 2.13. The minimum absolute atomic E-state index is 0.00317. The molecule has 0 radical (unpaired) electrons. The number of nitrogens with zero attached hydrogens (tertiary/aromatic N) is 1. The third-order valence-electron chi connectivity index (χ3n) is 2.99. The van der Waals surface area contributed by atoms with Gasteiger partial charge in [0, 0.05) is 8.96 Å². The SMILES string of the molecule is O=P(O)(On1cc(O)c2cc(I)ccc21)c1ccccc1. The zero-order valence-corrected chi connectivity index (χ0v) is 13.7. The summed E-state index contributed by atoms with van der Waals surface area (Å²) in [7, 11) is -4.02. The van der Waals surface area contributed by atoms with Crippen LogP contribution in [0.1, 0.15) is 0 Å². The first-order valence-corrected chi connectivity index (χ1v) is 8.71. The molecule has 21 heavy (non-hydrogen) atoms. The number of hydrogen-bond donors (Lipinski definition) is 2. The molecule has 0 bridgehead atoms. The molecule has 0 saturated heterocycles. The van der Waals surface area contributed by atoms with E-state index in [-0.39, 0.29) is 11.1 Å². The normalized spacial score (nSPS) is 14.0. The predicted octanol–water partition coefficient (Wildman–Crippen LogP) is 2.89. The Labute approximate surface area is 134 Å². The van der Waals surface area contributed by atoms with Gasteiger partial charge < -0.3 is 14.6 Å². The fourth-order valence-corrected chi connectivity index (χ4v) is 3.51. The van der Waals surface area contributed by atoms with Gasteiger partial charge in [-0.05, 0) is 52.9 Å². The molecule has 1 unspecified atom stereocenters. The molecule has 0 spiro atoms. The highest BCUT2D eigenvalue weighted by Gasteiger charge is 2.25. The Bertz CT molecular complexity index is 847. The molecule has 2 N–H and O–H groups in total. The first-order chi connectivity index (χ1) is 9.97. The summed E-state index contributed by atoms with van der Waals surface area (Å²) in [5.41, 5.74) is 0.526. The molecule has 2 aromatic carbocycles. The van der Waals surface area contributed by atoms with Crippen LogP contribution in [-0.2, 0) is 4.57 Å². The zero-order valence-electron chi connectivity index (χ0n) is 10.7. The largest absolute Gasteiger partial charge is 0.506 e. The summed E-state index contributed by atoms with van der Waals surface area (Å²) in [6.45, 7) is 0. The molecule has 1 atom stereocenters. The fraction of sp³-hybridized carbons (Fsp3) is 0. The Morgan fingerprint density at radius 2 is 1.86 bits per heavy atom. The lowest BCUT2D eigenvalue weighted by atomic mass is 10.2. The number of rotatable bonds is 3. The van der Waals surface area contributed by atoms with Gasteiger partial charge >= 0.3 is 7.60 Å². The van der Waals surface area contributed by atoms with Gasteiger partial charge in [-0.25, -0.2) is 4.57 Å². The van der Waals surface area contributed by atoms with Gasteiger partial charge in [-0.15, -0.1) is 0 Å². The standard InChI is InChI=1S/C14H11INO4P/c15-10-6-7-13-12(8-10)14(17)9-16(13)20-21(18,19)11-4-2-1-3-5-11/h1-9,17H,(H,18,19). The van der Waals surface area contributed by atoms with E-state index in [9.17, 15) is 14.6 Å². The third-order valence-corrected chi connectivity index (χ3v) is 5.01. The lowest BCUT2D eigenvalue weighted by Crippen LogP contribution is -2.15. The first kappa shape index (κ1) is 14.4. The van der Waals surface area contributed by atoms with Gasteiger partial charge in [0.1, 0.15) is 5.75 Å². The van der Waals surface area contributed by atoms with Gasteiger partial charge in [0.15, 0.2) is 0 Å². The summed E-state index contributed by atoms with van der Waals surface area (Å²) < 4.78 is 19.6. The van der Waals surface area contributed by atoms with Crippen molar-refractivity contribution < 1.29 is 19.2 Å². The van der Waals surface area contributed by atoms with E-state index < -0.39 is 7.60 Å². The molecule has 1 heterocycles. The molecule has 0 aliphatic rings. The Hall–Kier alpha value is -1.50. The Kier molecular flexibility index (Phi) is 3.69. The number of fused-ring (bicyclic) bond motifs is 1. The van der Waals surface area contributed by atoms with Gasteiger partial charge in [-0.1, -0.05) is 18.2 Å². The summed E-state index contributed by atoms with van der Waals surface area (Å²) in [6.07, 6.45) is 1.28.